The predicted octanol–water partition coefficient (Wildman–Crippen LogP) is 5.92. The summed E-state index contributed by atoms with van der Waals surface area (Å²) in [7, 11) is 0. The molecule has 0 spiro atoms. The van der Waals surface area contributed by atoms with Crippen molar-refractivity contribution in [2.45, 2.75) is 6.92 Å². The van der Waals surface area contributed by atoms with Gasteiger partial charge in [0.25, 0.3) is 5.69 Å². The molecule has 0 saturated carbocycles. The number of hydrogen-bond donors (Lipinski definition) is 0. The molecule has 4 rings (SSSR count). The van der Waals surface area contributed by atoms with Gasteiger partial charge in [-0.25, -0.2) is 9.78 Å². The van der Waals surface area contributed by atoms with E-state index in [1.54, 1.807) is 6.07 Å². The number of ether oxygens (including phenoxy) is 1. The number of non-ortho nitro benzene ring substituents is 1. The van der Waals surface area contributed by atoms with Gasteiger partial charge in [0, 0.05) is 33.1 Å². The van der Waals surface area contributed by atoms with Crippen LogP contribution in [0.1, 0.15) is 26.3 Å². The average Bonchev–Trinajstić information content (AvgIpc) is 2.82. The molecular formula is C25H17BrN2O5. The van der Waals surface area contributed by atoms with Crippen LogP contribution in [-0.4, -0.2) is 28.3 Å². The number of pyridine rings is 1. The molecule has 0 aliphatic heterocycles. The number of halogens is 1. The van der Waals surface area contributed by atoms with Crippen molar-refractivity contribution >= 4 is 44.3 Å². The largest absolute Gasteiger partial charge is 0.454 e. The van der Waals surface area contributed by atoms with Crippen molar-refractivity contribution in [1.29, 1.82) is 0 Å². The van der Waals surface area contributed by atoms with Crippen LogP contribution in [0, 0.1) is 17.0 Å². The number of esters is 1. The number of aryl methyl sites for hydroxylation is 1. The van der Waals surface area contributed by atoms with Crippen LogP contribution in [0.4, 0.5) is 5.69 Å². The highest BCUT2D eigenvalue weighted by Crippen LogP contribution is 2.27. The van der Waals surface area contributed by atoms with Crippen LogP contribution in [0.2, 0.25) is 0 Å². The molecule has 1 aromatic heterocycles. The molecule has 0 bridgehead atoms. The molecule has 4 aromatic rings. The lowest BCUT2D eigenvalue weighted by Gasteiger charge is -2.11. The third-order valence-corrected chi connectivity index (χ3v) is 5.59. The molecule has 1 heterocycles. The van der Waals surface area contributed by atoms with Gasteiger partial charge in [-0.15, -0.1) is 0 Å². The van der Waals surface area contributed by atoms with E-state index in [0.717, 1.165) is 15.6 Å². The van der Waals surface area contributed by atoms with E-state index >= 15 is 0 Å². The van der Waals surface area contributed by atoms with E-state index in [2.05, 4.69) is 20.9 Å². The number of Topliss-reactive ketones (excluding diaryl/α,β-unsaturated/α-hetero) is 1. The third-order valence-electron chi connectivity index (χ3n) is 5.06. The fourth-order valence-corrected chi connectivity index (χ4v) is 3.60. The van der Waals surface area contributed by atoms with Gasteiger partial charge in [-0.05, 0) is 49.4 Å². The van der Waals surface area contributed by atoms with E-state index in [-0.39, 0.29) is 11.3 Å². The number of fused-ring (bicyclic) bond motifs is 1. The van der Waals surface area contributed by atoms with Crippen molar-refractivity contribution in [3.8, 4) is 11.3 Å². The lowest BCUT2D eigenvalue weighted by atomic mass is 10.0. The zero-order chi connectivity index (χ0) is 23.5. The summed E-state index contributed by atoms with van der Waals surface area (Å²) < 4.78 is 6.25. The van der Waals surface area contributed by atoms with Gasteiger partial charge in [-0.3, -0.25) is 14.9 Å². The highest BCUT2D eigenvalue weighted by atomic mass is 79.9. The molecule has 164 valence electrons. The minimum Gasteiger partial charge on any atom is -0.454 e. The molecule has 33 heavy (non-hydrogen) atoms. The van der Waals surface area contributed by atoms with Gasteiger partial charge in [-0.1, -0.05) is 39.7 Å². The number of carbonyl (C=O) groups excluding carboxylic acids is 2. The molecule has 3 aromatic carbocycles. The first-order valence-electron chi connectivity index (χ1n) is 9.94. The highest BCUT2D eigenvalue weighted by molar-refractivity contribution is 9.10. The summed E-state index contributed by atoms with van der Waals surface area (Å²) in [5.74, 6) is -1.11. The first-order chi connectivity index (χ1) is 15.8. The number of nitro benzene ring substituents is 1. The lowest BCUT2D eigenvalue weighted by Crippen LogP contribution is -2.15. The Morgan fingerprint density at radius 1 is 1.00 bits per heavy atom. The lowest BCUT2D eigenvalue weighted by molar-refractivity contribution is -0.384. The standard InChI is InChI=1S/C25H17BrN2O5/c1-15-2-11-22-20(12-15)21(13-23(27-22)16-3-7-18(26)8-4-16)25(30)33-14-24(29)17-5-9-19(10-6-17)28(31)32/h2-13H,14H2,1H3. The Hall–Kier alpha value is -3.91. The molecule has 0 amide bonds. The number of nitro groups is 1. The number of benzene rings is 3. The molecule has 0 saturated heterocycles. The van der Waals surface area contributed by atoms with Crippen molar-refractivity contribution in [3.63, 3.8) is 0 Å². The summed E-state index contributed by atoms with van der Waals surface area (Å²) in [4.78, 5) is 40.3. The van der Waals surface area contributed by atoms with Gasteiger partial charge in [0.15, 0.2) is 12.4 Å². The molecule has 0 aliphatic rings. The number of rotatable bonds is 6. The summed E-state index contributed by atoms with van der Waals surface area (Å²) in [6.45, 7) is 1.43. The highest BCUT2D eigenvalue weighted by Gasteiger charge is 2.18. The second-order valence-electron chi connectivity index (χ2n) is 7.39. The molecule has 0 unspecified atom stereocenters. The van der Waals surface area contributed by atoms with Crippen molar-refractivity contribution in [2.24, 2.45) is 0 Å². The van der Waals surface area contributed by atoms with Crippen molar-refractivity contribution < 1.29 is 19.2 Å². The molecule has 0 aliphatic carbocycles. The van der Waals surface area contributed by atoms with Crippen LogP contribution >= 0.6 is 15.9 Å². The summed E-state index contributed by atoms with van der Waals surface area (Å²) in [5, 5.41) is 11.4. The van der Waals surface area contributed by atoms with E-state index in [9.17, 15) is 19.7 Å². The Morgan fingerprint density at radius 3 is 2.36 bits per heavy atom. The molecule has 0 radical (unpaired) electrons. The van der Waals surface area contributed by atoms with Gasteiger partial charge in [0.2, 0.25) is 0 Å². The van der Waals surface area contributed by atoms with Gasteiger partial charge in [-0.2, -0.15) is 0 Å². The maximum absolute atomic E-state index is 13.0. The summed E-state index contributed by atoms with van der Waals surface area (Å²) in [6.07, 6.45) is 0. The molecule has 0 N–H and O–H groups in total. The third kappa shape index (κ3) is 4.96. The van der Waals surface area contributed by atoms with Crippen LogP contribution in [0.5, 0.6) is 0 Å². The number of carbonyl (C=O) groups is 2. The van der Waals surface area contributed by atoms with Crippen LogP contribution in [0.3, 0.4) is 0 Å². The minimum atomic E-state index is -0.651. The summed E-state index contributed by atoms with van der Waals surface area (Å²) in [6, 6.07) is 20.0. The first kappa shape index (κ1) is 22.3. The van der Waals surface area contributed by atoms with E-state index < -0.39 is 23.3 Å². The smallest absolute Gasteiger partial charge is 0.339 e. The van der Waals surface area contributed by atoms with Crippen molar-refractivity contribution in [3.05, 3.63) is 104 Å². The summed E-state index contributed by atoms with van der Waals surface area (Å²) in [5.41, 5.74) is 3.43. The minimum absolute atomic E-state index is 0.123. The Morgan fingerprint density at radius 2 is 1.70 bits per heavy atom. The van der Waals surface area contributed by atoms with Crippen LogP contribution in [-0.2, 0) is 4.74 Å². The number of hydrogen-bond acceptors (Lipinski definition) is 6. The number of ketones is 1. The Labute approximate surface area is 197 Å². The van der Waals surface area contributed by atoms with Gasteiger partial charge < -0.3 is 4.74 Å². The van der Waals surface area contributed by atoms with E-state index in [0.29, 0.717) is 22.2 Å². The van der Waals surface area contributed by atoms with Crippen molar-refractivity contribution in [1.82, 2.24) is 4.98 Å². The SMILES string of the molecule is Cc1ccc2nc(-c3ccc(Br)cc3)cc(C(=O)OCC(=O)c3ccc([N+](=O)[O-])cc3)c2c1. The first-order valence-corrected chi connectivity index (χ1v) is 10.7. The Bertz CT molecular complexity index is 1380. The van der Waals surface area contributed by atoms with Crippen LogP contribution in [0.15, 0.2) is 77.3 Å². The second kappa shape index (κ2) is 9.30. The zero-order valence-electron chi connectivity index (χ0n) is 17.4. The molecule has 8 heteroatoms. The molecular weight excluding hydrogens is 488 g/mol. The van der Waals surface area contributed by atoms with E-state index in [4.69, 9.17) is 4.74 Å². The molecule has 7 nitrogen and oxygen atoms in total. The Balaban J connectivity index is 1.62. The molecule has 0 fully saturated rings. The summed E-state index contributed by atoms with van der Waals surface area (Å²) >= 11 is 3.41. The average molecular weight is 505 g/mol. The zero-order valence-corrected chi connectivity index (χ0v) is 19.0. The number of aromatic nitrogens is 1. The fraction of sp³-hybridized carbons (Fsp3) is 0.0800. The van der Waals surface area contributed by atoms with Crippen LogP contribution < -0.4 is 0 Å². The Kier molecular flexibility index (Phi) is 6.28. The normalized spacial score (nSPS) is 10.7. The maximum atomic E-state index is 13.0. The van der Waals surface area contributed by atoms with E-state index in [1.165, 1.54) is 24.3 Å². The quantitative estimate of drug-likeness (QED) is 0.140. The van der Waals surface area contributed by atoms with E-state index in [1.807, 2.05) is 49.4 Å². The monoisotopic (exact) mass is 504 g/mol. The van der Waals surface area contributed by atoms with Crippen LogP contribution in [0.25, 0.3) is 22.2 Å². The fourth-order valence-electron chi connectivity index (χ4n) is 3.34. The van der Waals surface area contributed by atoms with Gasteiger partial charge >= 0.3 is 5.97 Å². The maximum Gasteiger partial charge on any atom is 0.339 e. The topological polar surface area (TPSA) is 99.4 Å². The van der Waals surface area contributed by atoms with Gasteiger partial charge in [0.1, 0.15) is 0 Å². The number of nitrogens with zero attached hydrogens (tertiary/aromatic N) is 2. The second-order valence-corrected chi connectivity index (χ2v) is 8.30. The predicted molar refractivity (Wildman–Crippen MR) is 127 cm³/mol. The van der Waals surface area contributed by atoms with Crippen molar-refractivity contribution in [2.75, 3.05) is 6.61 Å². The van der Waals surface area contributed by atoms with Gasteiger partial charge in [0.05, 0.1) is 21.7 Å². The molecule has 0 atom stereocenters.